The molecule has 0 aliphatic heterocycles. The zero-order valence-electron chi connectivity index (χ0n) is 9.05. The average Bonchev–Trinajstić information content (AvgIpc) is 2.17. The Morgan fingerprint density at radius 2 is 1.93 bits per heavy atom. The molecular weight excluding hydrogens is 200 g/mol. The van der Waals surface area contributed by atoms with Crippen molar-refractivity contribution in [3.8, 4) is 5.75 Å². The lowest BCUT2D eigenvalue weighted by Crippen LogP contribution is -2.07. The summed E-state index contributed by atoms with van der Waals surface area (Å²) in [6.45, 7) is 1.49. The number of anilines is 1. The summed E-state index contributed by atoms with van der Waals surface area (Å²) in [4.78, 5) is 0. The molecule has 0 aliphatic rings. The number of hydrogen-bond donors (Lipinski definition) is 1. The number of rotatable bonds is 4. The lowest BCUT2D eigenvalue weighted by molar-refractivity contribution is 0.181. The Morgan fingerprint density at radius 3 is 2.40 bits per heavy atom. The fraction of sp³-hybridized carbons (Fsp3) is 0.455. The van der Waals surface area contributed by atoms with Gasteiger partial charge in [0.05, 0.1) is 12.8 Å². The maximum atomic E-state index is 12.1. The second-order valence-corrected chi connectivity index (χ2v) is 3.56. The predicted octanol–water partition coefficient (Wildman–Crippen LogP) is 3.45. The molecule has 0 unspecified atom stereocenters. The van der Waals surface area contributed by atoms with E-state index in [0.717, 1.165) is 5.56 Å². The topological polar surface area (TPSA) is 21.3 Å². The molecule has 1 aromatic carbocycles. The van der Waals surface area contributed by atoms with Crippen LogP contribution in [0.5, 0.6) is 5.75 Å². The van der Waals surface area contributed by atoms with Crippen molar-refractivity contribution in [3.63, 3.8) is 0 Å². The van der Waals surface area contributed by atoms with E-state index >= 15 is 0 Å². The molecule has 0 saturated carbocycles. The molecule has 0 aliphatic carbocycles. The minimum Gasteiger partial charge on any atom is -0.495 e. The first kappa shape index (κ1) is 11.8. The summed E-state index contributed by atoms with van der Waals surface area (Å²) in [5.74, 6) is 0.793. The third-order valence-corrected chi connectivity index (χ3v) is 2.16. The molecule has 0 aromatic heterocycles. The van der Waals surface area contributed by atoms with E-state index in [9.17, 15) is 8.78 Å². The van der Waals surface area contributed by atoms with E-state index in [1.54, 1.807) is 12.1 Å². The predicted molar refractivity (Wildman–Crippen MR) is 56.7 cm³/mol. The van der Waals surface area contributed by atoms with Crippen molar-refractivity contribution < 1.29 is 13.5 Å². The van der Waals surface area contributed by atoms with E-state index in [1.165, 1.54) is 7.11 Å². The van der Waals surface area contributed by atoms with Gasteiger partial charge in [-0.2, -0.15) is 8.78 Å². The lowest BCUT2D eigenvalue weighted by Gasteiger charge is -2.13. The van der Waals surface area contributed by atoms with E-state index in [4.69, 9.17) is 4.74 Å². The van der Waals surface area contributed by atoms with Gasteiger partial charge in [0.25, 0.3) is 0 Å². The smallest absolute Gasteiger partial charge is 0.313 e. The molecule has 0 atom stereocenters. The highest BCUT2D eigenvalue weighted by atomic mass is 19.3. The van der Waals surface area contributed by atoms with Gasteiger partial charge in [-0.1, -0.05) is 19.9 Å². The number of hydrogen-bond acceptors (Lipinski definition) is 2. The van der Waals surface area contributed by atoms with Crippen LogP contribution in [0.15, 0.2) is 18.2 Å². The van der Waals surface area contributed by atoms with Gasteiger partial charge < -0.3 is 10.1 Å². The van der Waals surface area contributed by atoms with Crippen molar-refractivity contribution >= 4 is 5.69 Å². The van der Waals surface area contributed by atoms with Crippen LogP contribution in [0.2, 0.25) is 0 Å². The van der Waals surface area contributed by atoms with Crippen LogP contribution in [-0.4, -0.2) is 13.7 Å². The average molecular weight is 215 g/mol. The normalized spacial score (nSPS) is 10.9. The van der Waals surface area contributed by atoms with Crippen molar-refractivity contribution in [2.45, 2.75) is 26.3 Å². The van der Waals surface area contributed by atoms with Crippen molar-refractivity contribution in [1.82, 2.24) is 0 Å². The van der Waals surface area contributed by atoms with Gasteiger partial charge in [0.1, 0.15) is 5.75 Å². The Balaban J connectivity index is 2.98. The van der Waals surface area contributed by atoms with Gasteiger partial charge in [-0.05, 0) is 23.6 Å². The van der Waals surface area contributed by atoms with Crippen LogP contribution in [-0.2, 0) is 0 Å². The molecule has 2 nitrogen and oxygen atoms in total. The molecule has 0 saturated heterocycles. The monoisotopic (exact) mass is 215 g/mol. The minimum atomic E-state index is -2.58. The maximum Gasteiger partial charge on any atom is 0.313 e. The van der Waals surface area contributed by atoms with Crippen molar-refractivity contribution in [2.24, 2.45) is 0 Å². The van der Waals surface area contributed by atoms with Crippen LogP contribution < -0.4 is 10.1 Å². The highest BCUT2D eigenvalue weighted by Gasteiger charge is 2.09. The van der Waals surface area contributed by atoms with Gasteiger partial charge in [0.2, 0.25) is 0 Å². The van der Waals surface area contributed by atoms with Gasteiger partial charge in [-0.25, -0.2) is 0 Å². The number of methoxy groups -OCH3 is 1. The summed E-state index contributed by atoms with van der Waals surface area (Å²) in [5, 5.41) is 2.03. The Kier molecular flexibility index (Phi) is 3.88. The first-order valence-electron chi connectivity index (χ1n) is 4.77. The summed E-state index contributed by atoms with van der Waals surface area (Å²) in [7, 11) is 1.47. The summed E-state index contributed by atoms with van der Waals surface area (Å²) >= 11 is 0. The van der Waals surface area contributed by atoms with Crippen LogP contribution in [0.1, 0.15) is 25.3 Å². The molecular formula is C11H15F2NO. The molecule has 84 valence electrons. The van der Waals surface area contributed by atoms with Gasteiger partial charge in [0, 0.05) is 0 Å². The molecule has 1 rings (SSSR count). The number of benzene rings is 1. The molecule has 4 heteroatoms. The zero-order chi connectivity index (χ0) is 11.4. The van der Waals surface area contributed by atoms with Gasteiger partial charge in [-0.3, -0.25) is 0 Å². The summed E-state index contributed by atoms with van der Waals surface area (Å²) in [6.07, 6.45) is 0. The standard InChI is InChI=1S/C11H15F2NO/c1-7(2)8-4-5-9(14-11(12)13)10(6-8)15-3/h4-7,11,14H,1-3H3. The quantitative estimate of drug-likeness (QED) is 0.777. The molecule has 0 amide bonds. The third kappa shape index (κ3) is 3.08. The van der Waals surface area contributed by atoms with Gasteiger partial charge >= 0.3 is 6.55 Å². The molecule has 0 radical (unpaired) electrons. The Hall–Kier alpha value is -1.32. The second kappa shape index (κ2) is 4.96. The van der Waals surface area contributed by atoms with E-state index in [1.807, 2.05) is 25.2 Å². The minimum absolute atomic E-state index is 0.317. The fourth-order valence-corrected chi connectivity index (χ4v) is 1.30. The highest BCUT2D eigenvalue weighted by molar-refractivity contribution is 5.58. The summed E-state index contributed by atoms with van der Waals surface area (Å²) < 4.78 is 29.3. The van der Waals surface area contributed by atoms with E-state index in [0.29, 0.717) is 17.4 Å². The zero-order valence-corrected chi connectivity index (χ0v) is 9.05. The van der Waals surface area contributed by atoms with E-state index in [-0.39, 0.29) is 0 Å². The van der Waals surface area contributed by atoms with Crippen LogP contribution in [0.3, 0.4) is 0 Å². The molecule has 1 N–H and O–H groups in total. The fourth-order valence-electron chi connectivity index (χ4n) is 1.30. The Bertz CT molecular complexity index is 326. The van der Waals surface area contributed by atoms with Gasteiger partial charge in [-0.15, -0.1) is 0 Å². The molecule has 1 aromatic rings. The Morgan fingerprint density at radius 1 is 1.27 bits per heavy atom. The summed E-state index contributed by atoms with van der Waals surface area (Å²) in [5.41, 5.74) is 1.38. The Labute approximate surface area is 88.3 Å². The number of halogens is 2. The van der Waals surface area contributed by atoms with Crippen LogP contribution in [0.4, 0.5) is 14.5 Å². The largest absolute Gasteiger partial charge is 0.495 e. The van der Waals surface area contributed by atoms with Crippen molar-refractivity contribution in [1.29, 1.82) is 0 Å². The molecule has 15 heavy (non-hydrogen) atoms. The van der Waals surface area contributed by atoms with E-state index in [2.05, 4.69) is 0 Å². The van der Waals surface area contributed by atoms with Crippen LogP contribution in [0.25, 0.3) is 0 Å². The lowest BCUT2D eigenvalue weighted by atomic mass is 10.0. The van der Waals surface area contributed by atoms with Crippen molar-refractivity contribution in [2.75, 3.05) is 12.4 Å². The molecule has 0 heterocycles. The number of nitrogens with one attached hydrogen (secondary N) is 1. The van der Waals surface area contributed by atoms with E-state index < -0.39 is 6.55 Å². The summed E-state index contributed by atoms with van der Waals surface area (Å²) in [6, 6.07) is 5.20. The maximum absolute atomic E-state index is 12.1. The number of alkyl halides is 2. The highest BCUT2D eigenvalue weighted by Crippen LogP contribution is 2.29. The van der Waals surface area contributed by atoms with Gasteiger partial charge in [0.15, 0.2) is 0 Å². The molecule has 0 fully saturated rings. The molecule has 0 spiro atoms. The number of ether oxygens (including phenoxy) is 1. The van der Waals surface area contributed by atoms with Crippen LogP contribution >= 0.6 is 0 Å². The first-order chi connectivity index (χ1) is 7.04. The second-order valence-electron chi connectivity index (χ2n) is 3.56. The SMILES string of the molecule is COc1cc(C(C)C)ccc1NC(F)F. The first-order valence-corrected chi connectivity index (χ1v) is 4.77. The van der Waals surface area contributed by atoms with Crippen LogP contribution in [0, 0.1) is 0 Å². The van der Waals surface area contributed by atoms with Crippen molar-refractivity contribution in [3.05, 3.63) is 23.8 Å². The molecule has 0 bridgehead atoms. The third-order valence-electron chi connectivity index (χ3n) is 2.16.